The van der Waals surface area contributed by atoms with Crippen molar-refractivity contribution in [2.75, 3.05) is 0 Å². The molecule has 0 unspecified atom stereocenters. The van der Waals surface area contributed by atoms with E-state index in [2.05, 4.69) is 15.0 Å². The van der Waals surface area contributed by atoms with E-state index < -0.39 is 5.56 Å². The Morgan fingerprint density at radius 3 is 2.76 bits per heavy atom. The molecule has 0 atom stereocenters. The first-order valence-corrected chi connectivity index (χ1v) is 7.32. The topological polar surface area (TPSA) is 78.9 Å². The molecule has 0 saturated heterocycles. The molecular formula is C14H10ClN3O2S. The fraction of sp³-hybridized carbons (Fsp3) is 0.0714. The van der Waals surface area contributed by atoms with E-state index in [0.29, 0.717) is 16.3 Å². The van der Waals surface area contributed by atoms with Crippen LogP contribution in [0.15, 0.2) is 34.4 Å². The summed E-state index contributed by atoms with van der Waals surface area (Å²) in [5.74, 6) is -0.103. The number of rotatable bonds is 2. The summed E-state index contributed by atoms with van der Waals surface area (Å²) >= 11 is 7.35. The number of halogens is 1. The van der Waals surface area contributed by atoms with Crippen LogP contribution >= 0.6 is 22.9 Å². The van der Waals surface area contributed by atoms with Gasteiger partial charge in [0.1, 0.15) is 11.3 Å². The molecule has 0 aliphatic carbocycles. The fourth-order valence-corrected chi connectivity index (χ4v) is 2.75. The highest BCUT2D eigenvalue weighted by molar-refractivity contribution is 7.09. The van der Waals surface area contributed by atoms with Crippen molar-refractivity contribution in [3.05, 3.63) is 50.0 Å². The lowest BCUT2D eigenvalue weighted by Gasteiger charge is -2.05. The summed E-state index contributed by atoms with van der Waals surface area (Å²) in [5, 5.41) is 13.2. The number of thiazole rings is 1. The molecule has 0 bridgehead atoms. The zero-order chi connectivity index (χ0) is 15.0. The second kappa shape index (κ2) is 5.31. The molecule has 1 aromatic carbocycles. The van der Waals surface area contributed by atoms with E-state index in [4.69, 9.17) is 11.6 Å². The number of nitrogens with zero attached hydrogens (tertiary/aromatic N) is 2. The van der Waals surface area contributed by atoms with Crippen molar-refractivity contribution in [1.29, 1.82) is 0 Å². The van der Waals surface area contributed by atoms with Gasteiger partial charge in [0.25, 0.3) is 5.56 Å². The molecule has 0 saturated carbocycles. The number of aryl methyl sites for hydroxylation is 1. The molecule has 0 aliphatic rings. The van der Waals surface area contributed by atoms with E-state index in [-0.39, 0.29) is 17.3 Å². The van der Waals surface area contributed by atoms with Gasteiger partial charge in [-0.15, -0.1) is 11.3 Å². The van der Waals surface area contributed by atoms with E-state index in [1.165, 1.54) is 11.3 Å². The summed E-state index contributed by atoms with van der Waals surface area (Å²) in [4.78, 5) is 23.1. The Morgan fingerprint density at radius 1 is 1.33 bits per heavy atom. The van der Waals surface area contributed by atoms with Gasteiger partial charge in [0.2, 0.25) is 5.88 Å². The van der Waals surface area contributed by atoms with E-state index in [1.54, 1.807) is 29.6 Å². The van der Waals surface area contributed by atoms with Gasteiger partial charge in [-0.05, 0) is 24.6 Å². The summed E-state index contributed by atoms with van der Waals surface area (Å²) in [6, 6.07) is 6.68. The first-order chi connectivity index (χ1) is 10.0. The van der Waals surface area contributed by atoms with Crippen LogP contribution in [-0.2, 0) is 0 Å². The smallest absolute Gasteiger partial charge is 0.262 e. The number of aromatic hydroxyl groups is 1. The fourth-order valence-electron chi connectivity index (χ4n) is 1.96. The Morgan fingerprint density at radius 2 is 2.14 bits per heavy atom. The standard InChI is InChI=1S/C14H10ClN3O2S/c1-7-16-10(6-21-7)12-17-13(19)11(14(20)18-12)8-3-2-4-9(15)5-8/h2-6H,1H3,(H2,17,18,19,20). The Bertz CT molecular complexity index is 873. The number of aromatic amines is 1. The van der Waals surface area contributed by atoms with Crippen molar-refractivity contribution in [2.45, 2.75) is 6.92 Å². The van der Waals surface area contributed by atoms with Crippen LogP contribution in [-0.4, -0.2) is 20.1 Å². The Kier molecular flexibility index (Phi) is 3.48. The molecule has 0 radical (unpaired) electrons. The van der Waals surface area contributed by atoms with Gasteiger partial charge in [0.05, 0.1) is 5.01 Å². The Labute approximate surface area is 128 Å². The molecule has 2 N–H and O–H groups in total. The van der Waals surface area contributed by atoms with Crippen molar-refractivity contribution in [2.24, 2.45) is 0 Å². The maximum Gasteiger partial charge on any atom is 0.262 e. The third-order valence-corrected chi connectivity index (χ3v) is 3.88. The van der Waals surface area contributed by atoms with Crippen molar-refractivity contribution >= 4 is 22.9 Å². The van der Waals surface area contributed by atoms with E-state index in [0.717, 1.165) is 5.01 Å². The summed E-state index contributed by atoms with van der Waals surface area (Å²) in [6.45, 7) is 1.85. The monoisotopic (exact) mass is 319 g/mol. The van der Waals surface area contributed by atoms with Gasteiger partial charge in [-0.1, -0.05) is 23.7 Å². The average molecular weight is 320 g/mol. The second-order valence-corrected chi connectivity index (χ2v) is 5.87. The van der Waals surface area contributed by atoms with Gasteiger partial charge in [-0.3, -0.25) is 4.79 Å². The van der Waals surface area contributed by atoms with E-state index in [1.807, 2.05) is 6.92 Å². The summed E-state index contributed by atoms with van der Waals surface area (Å²) in [5.41, 5.74) is 0.691. The quantitative estimate of drug-likeness (QED) is 0.760. The SMILES string of the molecule is Cc1nc(-c2nc(O)c(-c3cccc(Cl)c3)c(=O)[nH]2)cs1. The van der Waals surface area contributed by atoms with Crippen molar-refractivity contribution in [1.82, 2.24) is 15.0 Å². The van der Waals surface area contributed by atoms with Crippen LogP contribution in [0, 0.1) is 6.92 Å². The molecule has 3 aromatic rings. The number of H-pyrrole nitrogens is 1. The zero-order valence-electron chi connectivity index (χ0n) is 10.9. The number of benzene rings is 1. The highest BCUT2D eigenvalue weighted by Crippen LogP contribution is 2.27. The predicted molar refractivity (Wildman–Crippen MR) is 82.8 cm³/mol. The molecular weight excluding hydrogens is 310 g/mol. The van der Waals surface area contributed by atoms with Crippen molar-refractivity contribution in [3.8, 4) is 28.5 Å². The maximum absolute atomic E-state index is 12.2. The van der Waals surface area contributed by atoms with Crippen molar-refractivity contribution < 1.29 is 5.11 Å². The summed E-state index contributed by atoms with van der Waals surface area (Å²) in [6.07, 6.45) is 0. The van der Waals surface area contributed by atoms with E-state index in [9.17, 15) is 9.90 Å². The molecule has 7 heteroatoms. The Hall–Kier alpha value is -2.18. The molecule has 0 fully saturated rings. The molecule has 3 rings (SSSR count). The summed E-state index contributed by atoms with van der Waals surface area (Å²) < 4.78 is 0. The first-order valence-electron chi connectivity index (χ1n) is 6.06. The lowest BCUT2D eigenvalue weighted by Crippen LogP contribution is -2.12. The first kappa shape index (κ1) is 13.8. The van der Waals surface area contributed by atoms with Gasteiger partial charge < -0.3 is 10.1 Å². The minimum atomic E-state index is -0.439. The summed E-state index contributed by atoms with van der Waals surface area (Å²) in [7, 11) is 0. The minimum Gasteiger partial charge on any atom is -0.493 e. The van der Waals surface area contributed by atoms with Crippen LogP contribution in [0.25, 0.3) is 22.6 Å². The third kappa shape index (κ3) is 2.68. The lowest BCUT2D eigenvalue weighted by atomic mass is 10.1. The molecule has 2 heterocycles. The van der Waals surface area contributed by atoms with Crippen LogP contribution in [0.5, 0.6) is 5.88 Å². The van der Waals surface area contributed by atoms with Crippen LogP contribution in [0.1, 0.15) is 5.01 Å². The zero-order valence-corrected chi connectivity index (χ0v) is 12.5. The van der Waals surface area contributed by atoms with Gasteiger partial charge >= 0.3 is 0 Å². The van der Waals surface area contributed by atoms with Gasteiger partial charge in [0.15, 0.2) is 5.82 Å². The third-order valence-electron chi connectivity index (χ3n) is 2.88. The normalized spacial score (nSPS) is 10.8. The minimum absolute atomic E-state index is 0.0909. The maximum atomic E-state index is 12.2. The Balaban J connectivity index is 2.15. The van der Waals surface area contributed by atoms with Gasteiger partial charge in [-0.2, -0.15) is 4.98 Å². The second-order valence-electron chi connectivity index (χ2n) is 4.38. The number of hydrogen-bond donors (Lipinski definition) is 2. The molecule has 106 valence electrons. The predicted octanol–water partition coefficient (Wildman–Crippen LogP) is 3.23. The van der Waals surface area contributed by atoms with Gasteiger partial charge in [0, 0.05) is 10.4 Å². The highest BCUT2D eigenvalue weighted by Gasteiger charge is 2.15. The molecule has 2 aromatic heterocycles. The highest BCUT2D eigenvalue weighted by atomic mass is 35.5. The van der Waals surface area contributed by atoms with Crippen LogP contribution in [0.2, 0.25) is 5.02 Å². The van der Waals surface area contributed by atoms with Crippen molar-refractivity contribution in [3.63, 3.8) is 0 Å². The van der Waals surface area contributed by atoms with Crippen LogP contribution in [0.4, 0.5) is 0 Å². The lowest BCUT2D eigenvalue weighted by molar-refractivity contribution is 0.454. The molecule has 0 spiro atoms. The molecule has 21 heavy (non-hydrogen) atoms. The largest absolute Gasteiger partial charge is 0.493 e. The number of aromatic nitrogens is 3. The molecule has 0 amide bonds. The average Bonchev–Trinajstić information content (AvgIpc) is 2.85. The van der Waals surface area contributed by atoms with Crippen LogP contribution in [0.3, 0.4) is 0 Å². The molecule has 5 nitrogen and oxygen atoms in total. The van der Waals surface area contributed by atoms with Crippen LogP contribution < -0.4 is 5.56 Å². The number of hydrogen-bond acceptors (Lipinski definition) is 5. The van der Waals surface area contributed by atoms with E-state index >= 15 is 0 Å². The number of nitrogens with one attached hydrogen (secondary N) is 1. The van der Waals surface area contributed by atoms with Gasteiger partial charge in [-0.25, -0.2) is 4.98 Å². The molecule has 0 aliphatic heterocycles.